The van der Waals surface area contributed by atoms with Crippen LogP contribution in [0.3, 0.4) is 0 Å². The maximum Gasteiger partial charge on any atom is 0.224 e. The highest BCUT2D eigenvalue weighted by Crippen LogP contribution is 2.26. The topological polar surface area (TPSA) is 68.3 Å². The summed E-state index contributed by atoms with van der Waals surface area (Å²) in [6, 6.07) is 16.6. The number of benzene rings is 2. The van der Waals surface area contributed by atoms with Crippen LogP contribution in [-0.2, 0) is 11.2 Å². The molecule has 2 aromatic carbocycles. The Bertz CT molecular complexity index is 983. The van der Waals surface area contributed by atoms with Crippen LogP contribution in [0, 0.1) is 6.92 Å². The molecule has 148 valence electrons. The molecule has 1 heterocycles. The second-order valence-corrected chi connectivity index (χ2v) is 6.79. The first-order valence-electron chi connectivity index (χ1n) is 9.65. The van der Waals surface area contributed by atoms with Gasteiger partial charge in [-0.2, -0.15) is 0 Å². The number of ether oxygens (including phenoxy) is 1. The third kappa shape index (κ3) is 5.75. The molecule has 3 rings (SSSR count). The fourth-order valence-corrected chi connectivity index (χ4v) is 2.90. The predicted molar refractivity (Wildman–Crippen MR) is 114 cm³/mol. The number of rotatable bonds is 8. The Labute approximate surface area is 170 Å². The maximum atomic E-state index is 12.3. The van der Waals surface area contributed by atoms with E-state index in [0.29, 0.717) is 22.7 Å². The Balaban J connectivity index is 1.53. The lowest BCUT2D eigenvalue weighted by Gasteiger charge is -2.11. The van der Waals surface area contributed by atoms with Crippen molar-refractivity contribution in [1.29, 1.82) is 0 Å². The monoisotopic (exact) mass is 388 g/mol. The Hall–Kier alpha value is -3.47. The van der Waals surface area contributed by atoms with E-state index in [9.17, 15) is 9.59 Å². The summed E-state index contributed by atoms with van der Waals surface area (Å²) in [5.74, 6) is 1.13. The highest BCUT2D eigenvalue weighted by molar-refractivity contribution is 6.00. The molecule has 1 amide bonds. The minimum absolute atomic E-state index is 0.0285. The molecule has 0 radical (unpaired) electrons. The van der Waals surface area contributed by atoms with Gasteiger partial charge in [-0.3, -0.25) is 14.6 Å². The number of anilines is 1. The minimum Gasteiger partial charge on any atom is -0.455 e. The minimum atomic E-state index is -0.191. The molecule has 0 saturated carbocycles. The summed E-state index contributed by atoms with van der Waals surface area (Å²) in [6.07, 6.45) is 4.58. The lowest BCUT2D eigenvalue weighted by atomic mass is 10.0. The summed E-state index contributed by atoms with van der Waals surface area (Å²) in [6.45, 7) is 3.98. The molecule has 5 nitrogen and oxygen atoms in total. The molecular weight excluding hydrogens is 364 g/mol. The smallest absolute Gasteiger partial charge is 0.224 e. The van der Waals surface area contributed by atoms with Crippen molar-refractivity contribution in [2.75, 3.05) is 5.32 Å². The SMILES string of the molecule is CCc1ccc(C(=O)CCC(=O)Nc2ccc(Oc3cccnc3)c(C)c2)cc1. The van der Waals surface area contributed by atoms with Crippen LogP contribution in [0.4, 0.5) is 5.69 Å². The second kappa shape index (κ2) is 9.64. The van der Waals surface area contributed by atoms with Crippen LogP contribution >= 0.6 is 0 Å². The lowest BCUT2D eigenvalue weighted by molar-refractivity contribution is -0.116. The standard InChI is InChI=1S/C24H24N2O3/c1-3-18-6-8-19(9-7-18)22(27)11-13-24(28)26-20-10-12-23(17(2)15-20)29-21-5-4-14-25-16-21/h4-10,12,14-16H,3,11,13H2,1-2H3,(H,26,28). The van der Waals surface area contributed by atoms with Gasteiger partial charge in [0, 0.05) is 30.3 Å². The summed E-state index contributed by atoms with van der Waals surface area (Å²) >= 11 is 0. The number of ketones is 1. The summed E-state index contributed by atoms with van der Waals surface area (Å²) in [4.78, 5) is 28.5. The van der Waals surface area contributed by atoms with Crippen molar-refractivity contribution in [3.8, 4) is 11.5 Å². The molecule has 0 aliphatic heterocycles. The van der Waals surface area contributed by atoms with Crippen molar-refractivity contribution in [3.05, 3.63) is 83.7 Å². The summed E-state index contributed by atoms with van der Waals surface area (Å²) < 4.78 is 5.79. The van der Waals surface area contributed by atoms with Crippen LogP contribution in [0.5, 0.6) is 11.5 Å². The van der Waals surface area contributed by atoms with Gasteiger partial charge in [0.15, 0.2) is 5.78 Å². The van der Waals surface area contributed by atoms with E-state index in [2.05, 4.69) is 17.2 Å². The fourth-order valence-electron chi connectivity index (χ4n) is 2.90. The fraction of sp³-hybridized carbons (Fsp3) is 0.208. The molecule has 1 aromatic heterocycles. The van der Waals surface area contributed by atoms with Crippen molar-refractivity contribution in [1.82, 2.24) is 4.98 Å². The number of carbonyl (C=O) groups excluding carboxylic acids is 2. The van der Waals surface area contributed by atoms with Crippen LogP contribution in [0.25, 0.3) is 0 Å². The Morgan fingerprint density at radius 3 is 2.48 bits per heavy atom. The largest absolute Gasteiger partial charge is 0.455 e. The summed E-state index contributed by atoms with van der Waals surface area (Å²) in [5.41, 5.74) is 3.39. The van der Waals surface area contributed by atoms with Gasteiger partial charge in [0.1, 0.15) is 11.5 Å². The Morgan fingerprint density at radius 1 is 1.03 bits per heavy atom. The number of nitrogens with one attached hydrogen (secondary N) is 1. The van der Waals surface area contributed by atoms with Crippen molar-refractivity contribution in [3.63, 3.8) is 0 Å². The van der Waals surface area contributed by atoms with Gasteiger partial charge in [0.05, 0.1) is 6.20 Å². The molecular formula is C24H24N2O3. The number of amides is 1. The van der Waals surface area contributed by atoms with Crippen molar-refractivity contribution in [2.24, 2.45) is 0 Å². The number of pyridine rings is 1. The highest BCUT2D eigenvalue weighted by Gasteiger charge is 2.11. The molecule has 5 heteroatoms. The number of aryl methyl sites for hydroxylation is 2. The molecule has 0 aliphatic rings. The van der Waals surface area contributed by atoms with E-state index >= 15 is 0 Å². The molecule has 0 aliphatic carbocycles. The third-order valence-corrected chi connectivity index (χ3v) is 4.58. The number of Topliss-reactive ketones (excluding diaryl/α,β-unsaturated/α-hetero) is 1. The van der Waals surface area contributed by atoms with Gasteiger partial charge in [0.2, 0.25) is 5.91 Å². The van der Waals surface area contributed by atoms with Crippen molar-refractivity contribution < 1.29 is 14.3 Å². The van der Waals surface area contributed by atoms with Gasteiger partial charge in [-0.15, -0.1) is 0 Å². The average Bonchev–Trinajstić information content (AvgIpc) is 2.75. The van der Waals surface area contributed by atoms with Crippen LogP contribution < -0.4 is 10.1 Å². The number of carbonyl (C=O) groups is 2. The maximum absolute atomic E-state index is 12.3. The van der Waals surface area contributed by atoms with E-state index in [0.717, 1.165) is 12.0 Å². The van der Waals surface area contributed by atoms with E-state index in [4.69, 9.17) is 4.74 Å². The van der Waals surface area contributed by atoms with E-state index < -0.39 is 0 Å². The second-order valence-electron chi connectivity index (χ2n) is 6.79. The van der Waals surface area contributed by atoms with Crippen LogP contribution in [-0.4, -0.2) is 16.7 Å². The number of nitrogens with zero attached hydrogens (tertiary/aromatic N) is 1. The van der Waals surface area contributed by atoms with Crippen LogP contribution in [0.2, 0.25) is 0 Å². The molecule has 0 fully saturated rings. The highest BCUT2D eigenvalue weighted by atomic mass is 16.5. The van der Waals surface area contributed by atoms with Gasteiger partial charge >= 0.3 is 0 Å². The van der Waals surface area contributed by atoms with Gasteiger partial charge in [-0.25, -0.2) is 0 Å². The average molecular weight is 388 g/mol. The number of aromatic nitrogens is 1. The molecule has 1 N–H and O–H groups in total. The first-order chi connectivity index (χ1) is 14.0. The molecule has 0 saturated heterocycles. The number of hydrogen-bond acceptors (Lipinski definition) is 4. The molecule has 0 spiro atoms. The number of hydrogen-bond donors (Lipinski definition) is 1. The molecule has 29 heavy (non-hydrogen) atoms. The quantitative estimate of drug-likeness (QED) is 0.529. The first kappa shape index (κ1) is 20.3. The van der Waals surface area contributed by atoms with E-state index in [-0.39, 0.29) is 24.5 Å². The van der Waals surface area contributed by atoms with E-state index in [1.54, 1.807) is 30.6 Å². The third-order valence-electron chi connectivity index (χ3n) is 4.58. The zero-order valence-corrected chi connectivity index (χ0v) is 16.6. The van der Waals surface area contributed by atoms with Crippen molar-refractivity contribution in [2.45, 2.75) is 33.1 Å². The van der Waals surface area contributed by atoms with Gasteiger partial charge in [-0.05, 0) is 54.8 Å². The lowest BCUT2D eigenvalue weighted by Crippen LogP contribution is -2.13. The van der Waals surface area contributed by atoms with Crippen molar-refractivity contribution >= 4 is 17.4 Å². The normalized spacial score (nSPS) is 10.4. The summed E-state index contributed by atoms with van der Waals surface area (Å²) in [7, 11) is 0. The molecule has 3 aromatic rings. The van der Waals surface area contributed by atoms with E-state index in [1.807, 2.05) is 43.3 Å². The zero-order chi connectivity index (χ0) is 20.6. The van der Waals surface area contributed by atoms with Crippen LogP contribution in [0.1, 0.15) is 41.3 Å². The molecule has 0 atom stereocenters. The molecule has 0 bridgehead atoms. The van der Waals surface area contributed by atoms with E-state index in [1.165, 1.54) is 5.56 Å². The zero-order valence-electron chi connectivity index (χ0n) is 16.6. The Morgan fingerprint density at radius 2 is 1.83 bits per heavy atom. The van der Waals surface area contributed by atoms with Gasteiger partial charge in [-0.1, -0.05) is 31.2 Å². The Kier molecular flexibility index (Phi) is 6.74. The first-order valence-corrected chi connectivity index (χ1v) is 9.65. The molecule has 0 unspecified atom stereocenters. The predicted octanol–water partition coefficient (Wildman–Crippen LogP) is 5.35. The van der Waals surface area contributed by atoms with Gasteiger partial charge in [0.25, 0.3) is 0 Å². The van der Waals surface area contributed by atoms with Crippen LogP contribution in [0.15, 0.2) is 67.0 Å². The van der Waals surface area contributed by atoms with Gasteiger partial charge < -0.3 is 10.1 Å². The summed E-state index contributed by atoms with van der Waals surface area (Å²) in [5, 5.41) is 2.84.